The summed E-state index contributed by atoms with van der Waals surface area (Å²) in [7, 11) is 0. The highest BCUT2D eigenvalue weighted by Crippen LogP contribution is 2.19. The number of fused-ring (bicyclic) bond motifs is 1. The number of hydrogen-bond acceptors (Lipinski definition) is 4. The summed E-state index contributed by atoms with van der Waals surface area (Å²) in [5.74, 6) is -1.98. The van der Waals surface area contributed by atoms with Crippen molar-refractivity contribution in [1.29, 1.82) is 0 Å². The van der Waals surface area contributed by atoms with Crippen molar-refractivity contribution in [2.75, 3.05) is 13.1 Å². The number of benzene rings is 1. The molecule has 158 valence electrons. The molecule has 9 nitrogen and oxygen atoms in total. The summed E-state index contributed by atoms with van der Waals surface area (Å²) in [4.78, 5) is 49.7. The van der Waals surface area contributed by atoms with Gasteiger partial charge in [0.15, 0.2) is 0 Å². The van der Waals surface area contributed by atoms with E-state index >= 15 is 0 Å². The topological polar surface area (TPSA) is 146 Å². The first-order chi connectivity index (χ1) is 13.9. The van der Waals surface area contributed by atoms with E-state index in [1.807, 2.05) is 38.1 Å². The predicted octanol–water partition coefficient (Wildman–Crippen LogP) is 0.349. The van der Waals surface area contributed by atoms with Gasteiger partial charge >= 0.3 is 0 Å². The Bertz CT molecular complexity index is 846. The minimum Gasteiger partial charge on any atom is -0.368 e. The predicted molar refractivity (Wildman–Crippen MR) is 111 cm³/mol. The molecule has 0 bridgehead atoms. The lowest BCUT2D eigenvalue weighted by molar-refractivity contribution is -0.130. The molecule has 2 aromatic rings. The minimum atomic E-state index is -0.833. The van der Waals surface area contributed by atoms with E-state index in [1.54, 1.807) is 13.1 Å². The second kappa shape index (κ2) is 12.2. The van der Waals surface area contributed by atoms with Gasteiger partial charge in [0.1, 0.15) is 6.04 Å². The van der Waals surface area contributed by atoms with Crippen molar-refractivity contribution in [3.05, 3.63) is 36.0 Å². The Morgan fingerprint density at radius 1 is 1.03 bits per heavy atom. The van der Waals surface area contributed by atoms with Crippen molar-refractivity contribution in [3.8, 4) is 0 Å². The van der Waals surface area contributed by atoms with Gasteiger partial charge in [0.05, 0.1) is 13.1 Å². The van der Waals surface area contributed by atoms with Crippen molar-refractivity contribution >= 4 is 34.5 Å². The fraction of sp³-hybridized carbons (Fsp3) is 0.400. The molecule has 0 fully saturated rings. The number of aromatic amines is 1. The normalized spacial score (nSPS) is 11.0. The third-order valence-electron chi connectivity index (χ3n) is 3.95. The van der Waals surface area contributed by atoms with Crippen LogP contribution in [0.2, 0.25) is 0 Å². The van der Waals surface area contributed by atoms with E-state index in [9.17, 15) is 19.2 Å². The van der Waals surface area contributed by atoms with Crippen molar-refractivity contribution in [2.24, 2.45) is 5.73 Å². The lowest BCUT2D eigenvalue weighted by Crippen LogP contribution is -2.50. The molecule has 1 unspecified atom stereocenters. The Morgan fingerprint density at radius 2 is 1.72 bits per heavy atom. The monoisotopic (exact) mass is 403 g/mol. The number of hydrogen-bond donors (Lipinski definition) is 5. The van der Waals surface area contributed by atoms with Gasteiger partial charge in [-0.2, -0.15) is 0 Å². The highest BCUT2D eigenvalue weighted by atomic mass is 16.2. The number of nitrogens with two attached hydrogens (primary N) is 1. The minimum absolute atomic E-state index is 0.233. The summed E-state index contributed by atoms with van der Waals surface area (Å²) in [5, 5.41) is 8.38. The van der Waals surface area contributed by atoms with E-state index in [0.29, 0.717) is 0 Å². The van der Waals surface area contributed by atoms with Gasteiger partial charge < -0.3 is 26.7 Å². The van der Waals surface area contributed by atoms with Gasteiger partial charge in [-0.25, -0.2) is 0 Å². The number of rotatable bonds is 9. The number of H-pyrrole nitrogens is 1. The molecule has 0 radical (unpaired) electrons. The zero-order chi connectivity index (χ0) is 21.8. The summed E-state index contributed by atoms with van der Waals surface area (Å²) in [6.07, 6.45) is 2.30. The van der Waals surface area contributed by atoms with Gasteiger partial charge in [-0.15, -0.1) is 0 Å². The Labute approximate surface area is 169 Å². The van der Waals surface area contributed by atoms with Gasteiger partial charge in [0.25, 0.3) is 0 Å². The summed E-state index contributed by atoms with van der Waals surface area (Å²) in [6, 6.07) is 6.80. The molecule has 0 aliphatic carbocycles. The second-order valence-electron chi connectivity index (χ2n) is 6.00. The van der Waals surface area contributed by atoms with Crippen molar-refractivity contribution < 1.29 is 19.2 Å². The highest BCUT2D eigenvalue weighted by Gasteiger charge is 2.22. The summed E-state index contributed by atoms with van der Waals surface area (Å²) in [6.45, 7) is 5.06. The molecule has 0 saturated heterocycles. The Morgan fingerprint density at radius 3 is 2.38 bits per heavy atom. The van der Waals surface area contributed by atoms with Crippen LogP contribution in [-0.2, 0) is 25.6 Å². The van der Waals surface area contributed by atoms with Crippen LogP contribution in [0.1, 0.15) is 32.8 Å². The van der Waals surface area contributed by atoms with Crippen LogP contribution in [0.3, 0.4) is 0 Å². The van der Waals surface area contributed by atoms with Crippen molar-refractivity contribution in [2.45, 2.75) is 39.7 Å². The molecule has 1 heterocycles. The molecule has 1 aromatic heterocycles. The standard InChI is InChI=1S/C18H23N5O4.C2H6/c1-2-16(25)23-14(18(27)22-10-17(26)21-9-15(19)24)7-11-8-20-13-6-4-3-5-12(11)13;1-2/h3-6,8,14,20H,2,7,9-10H2,1H3,(H2,19,24)(H,21,26)(H,22,27)(H,23,25);1-2H3. The van der Waals surface area contributed by atoms with E-state index in [0.717, 1.165) is 16.5 Å². The first kappa shape index (κ1) is 23.7. The Kier molecular flexibility index (Phi) is 9.94. The third-order valence-corrected chi connectivity index (χ3v) is 3.95. The molecule has 0 saturated carbocycles. The van der Waals surface area contributed by atoms with Crippen LogP contribution in [0.25, 0.3) is 10.9 Å². The van der Waals surface area contributed by atoms with E-state index in [-0.39, 0.29) is 31.8 Å². The number of nitrogens with one attached hydrogen (secondary N) is 4. The molecular weight excluding hydrogens is 374 g/mol. The fourth-order valence-corrected chi connectivity index (χ4v) is 2.56. The Hall–Kier alpha value is -3.36. The number of para-hydroxylation sites is 1. The highest BCUT2D eigenvalue weighted by molar-refractivity contribution is 5.92. The number of carbonyl (C=O) groups excluding carboxylic acids is 4. The van der Waals surface area contributed by atoms with Crippen LogP contribution >= 0.6 is 0 Å². The fourth-order valence-electron chi connectivity index (χ4n) is 2.56. The lowest BCUT2D eigenvalue weighted by Gasteiger charge is -2.18. The maximum absolute atomic E-state index is 12.5. The second-order valence-corrected chi connectivity index (χ2v) is 6.00. The van der Waals surface area contributed by atoms with Crippen LogP contribution in [0, 0.1) is 0 Å². The van der Waals surface area contributed by atoms with Crippen LogP contribution in [0.15, 0.2) is 30.5 Å². The summed E-state index contributed by atoms with van der Waals surface area (Å²) >= 11 is 0. The first-order valence-corrected chi connectivity index (χ1v) is 9.57. The van der Waals surface area contributed by atoms with E-state index in [1.165, 1.54) is 0 Å². The Balaban J connectivity index is 0.00000204. The molecule has 29 heavy (non-hydrogen) atoms. The average Bonchev–Trinajstić information content (AvgIpc) is 3.14. The molecule has 0 spiro atoms. The molecule has 0 aliphatic heterocycles. The first-order valence-electron chi connectivity index (χ1n) is 9.57. The van der Waals surface area contributed by atoms with E-state index in [2.05, 4.69) is 20.9 Å². The van der Waals surface area contributed by atoms with Gasteiger partial charge in [-0.05, 0) is 11.6 Å². The summed E-state index contributed by atoms with van der Waals surface area (Å²) in [5.41, 5.74) is 6.75. The molecule has 1 atom stereocenters. The number of primary amides is 1. The van der Waals surface area contributed by atoms with Gasteiger partial charge in [0.2, 0.25) is 23.6 Å². The largest absolute Gasteiger partial charge is 0.368 e. The molecule has 2 rings (SSSR count). The van der Waals surface area contributed by atoms with Crippen LogP contribution in [0.4, 0.5) is 0 Å². The maximum atomic E-state index is 12.5. The average molecular weight is 403 g/mol. The molecular formula is C20H29N5O4. The third kappa shape index (κ3) is 7.65. The zero-order valence-corrected chi connectivity index (χ0v) is 17.0. The lowest BCUT2D eigenvalue weighted by atomic mass is 10.0. The smallest absolute Gasteiger partial charge is 0.243 e. The summed E-state index contributed by atoms with van der Waals surface area (Å²) < 4.78 is 0. The van der Waals surface area contributed by atoms with Gasteiger partial charge in [-0.1, -0.05) is 39.0 Å². The SMILES string of the molecule is CC.CCC(=O)NC(Cc1c[nH]c2ccccc12)C(=O)NCC(=O)NCC(N)=O. The molecule has 1 aromatic carbocycles. The van der Waals surface area contributed by atoms with Crippen LogP contribution in [-0.4, -0.2) is 47.7 Å². The number of aromatic nitrogens is 1. The van der Waals surface area contributed by atoms with Crippen LogP contribution < -0.4 is 21.7 Å². The van der Waals surface area contributed by atoms with E-state index < -0.39 is 23.8 Å². The number of carbonyl (C=O) groups is 4. The molecule has 9 heteroatoms. The van der Waals surface area contributed by atoms with Gasteiger partial charge in [0, 0.05) is 29.9 Å². The number of amides is 4. The quantitative estimate of drug-likeness (QED) is 0.411. The van der Waals surface area contributed by atoms with Crippen LogP contribution in [0.5, 0.6) is 0 Å². The van der Waals surface area contributed by atoms with Crippen molar-refractivity contribution in [1.82, 2.24) is 20.9 Å². The van der Waals surface area contributed by atoms with Gasteiger partial charge in [-0.3, -0.25) is 19.2 Å². The molecule has 6 N–H and O–H groups in total. The maximum Gasteiger partial charge on any atom is 0.243 e. The zero-order valence-electron chi connectivity index (χ0n) is 17.0. The molecule has 0 aliphatic rings. The van der Waals surface area contributed by atoms with Crippen molar-refractivity contribution in [3.63, 3.8) is 0 Å². The molecule has 4 amide bonds. The van der Waals surface area contributed by atoms with E-state index in [4.69, 9.17) is 5.73 Å².